The molecule has 2 atom stereocenters. The van der Waals surface area contributed by atoms with Crippen molar-refractivity contribution in [3.05, 3.63) is 5.82 Å². The third-order valence-electron chi connectivity index (χ3n) is 3.79. The summed E-state index contributed by atoms with van der Waals surface area (Å²) in [6.45, 7) is 4.20. The molecule has 7 nitrogen and oxygen atoms in total. The van der Waals surface area contributed by atoms with E-state index in [9.17, 15) is 5.11 Å². The van der Waals surface area contributed by atoms with Crippen LogP contribution in [0, 0.1) is 5.92 Å². The van der Waals surface area contributed by atoms with Crippen LogP contribution in [0.5, 0.6) is 0 Å². The molecule has 1 aromatic rings. The van der Waals surface area contributed by atoms with E-state index in [1.54, 1.807) is 0 Å². The minimum atomic E-state index is 0.0772. The molecule has 2 heterocycles. The summed E-state index contributed by atoms with van der Waals surface area (Å²) in [5, 5.41) is 9.33. The Labute approximate surface area is 119 Å². The van der Waals surface area contributed by atoms with Crippen LogP contribution in [0.3, 0.4) is 0 Å². The molecule has 1 aromatic heterocycles. The van der Waals surface area contributed by atoms with Crippen LogP contribution in [-0.4, -0.2) is 58.8 Å². The zero-order valence-corrected chi connectivity index (χ0v) is 12.5. The Morgan fingerprint density at radius 1 is 1.40 bits per heavy atom. The highest BCUT2D eigenvalue weighted by atomic mass is 16.3. The third-order valence-corrected chi connectivity index (χ3v) is 3.79. The average molecular weight is 280 g/mol. The van der Waals surface area contributed by atoms with Crippen molar-refractivity contribution in [1.29, 1.82) is 0 Å². The second kappa shape index (κ2) is 6.32. The fourth-order valence-electron chi connectivity index (χ4n) is 2.55. The molecule has 1 saturated heterocycles. The molecule has 1 aliphatic rings. The molecule has 20 heavy (non-hydrogen) atoms. The highest BCUT2D eigenvalue weighted by Crippen LogP contribution is 2.25. The van der Waals surface area contributed by atoms with Gasteiger partial charge < -0.3 is 15.7 Å². The number of aromatic nitrogens is 3. The zero-order valence-electron chi connectivity index (χ0n) is 12.5. The summed E-state index contributed by atoms with van der Waals surface area (Å²) in [5.74, 6) is 1.87. The first-order chi connectivity index (χ1) is 9.51. The monoisotopic (exact) mass is 280 g/mol. The summed E-state index contributed by atoms with van der Waals surface area (Å²) in [4.78, 5) is 17.0. The summed E-state index contributed by atoms with van der Waals surface area (Å²) in [6, 6.07) is 0.0772. The van der Waals surface area contributed by atoms with E-state index in [4.69, 9.17) is 5.73 Å². The molecule has 3 N–H and O–H groups in total. The van der Waals surface area contributed by atoms with Crippen molar-refractivity contribution in [2.75, 3.05) is 44.4 Å². The number of rotatable bonds is 4. The van der Waals surface area contributed by atoms with Crippen LogP contribution in [0.2, 0.25) is 0 Å². The van der Waals surface area contributed by atoms with Crippen molar-refractivity contribution in [3.63, 3.8) is 0 Å². The maximum Gasteiger partial charge on any atom is 0.229 e. The Morgan fingerprint density at radius 2 is 2.15 bits per heavy atom. The molecule has 0 saturated carbocycles. The van der Waals surface area contributed by atoms with Crippen molar-refractivity contribution in [2.24, 2.45) is 5.92 Å². The van der Waals surface area contributed by atoms with Crippen molar-refractivity contribution >= 4 is 11.9 Å². The molecular weight excluding hydrogens is 256 g/mol. The second-order valence-corrected chi connectivity index (χ2v) is 5.61. The van der Waals surface area contributed by atoms with Gasteiger partial charge in [0.1, 0.15) is 0 Å². The minimum Gasteiger partial charge on any atom is -0.396 e. The normalized spacial score (nSPS) is 21.7. The fourth-order valence-corrected chi connectivity index (χ4v) is 2.55. The standard InChI is InChI=1S/C13H24N6O/c1-9(19-6-4-5-10(7-19)8-20)11-15-12(14)17-13(16-11)18(2)3/h9-10,20H,4-8H2,1-3H3,(H2,14,15,16,17). The van der Waals surface area contributed by atoms with E-state index >= 15 is 0 Å². The number of nitrogens with two attached hydrogens (primary N) is 1. The maximum absolute atomic E-state index is 9.33. The van der Waals surface area contributed by atoms with E-state index in [1.807, 2.05) is 19.0 Å². The topological polar surface area (TPSA) is 91.4 Å². The van der Waals surface area contributed by atoms with Gasteiger partial charge in [0.25, 0.3) is 0 Å². The highest BCUT2D eigenvalue weighted by molar-refractivity contribution is 5.33. The minimum absolute atomic E-state index is 0.0772. The molecule has 7 heteroatoms. The molecule has 1 fully saturated rings. The molecule has 0 amide bonds. The fraction of sp³-hybridized carbons (Fsp3) is 0.769. The molecule has 0 bridgehead atoms. The van der Waals surface area contributed by atoms with Gasteiger partial charge in [0.05, 0.1) is 6.04 Å². The van der Waals surface area contributed by atoms with Gasteiger partial charge in [-0.1, -0.05) is 0 Å². The van der Waals surface area contributed by atoms with Gasteiger partial charge in [0.15, 0.2) is 5.82 Å². The molecule has 2 rings (SSSR count). The number of aliphatic hydroxyl groups excluding tert-OH is 1. The van der Waals surface area contributed by atoms with E-state index in [0.717, 1.165) is 25.9 Å². The Kier molecular flexibility index (Phi) is 4.72. The van der Waals surface area contributed by atoms with Crippen molar-refractivity contribution < 1.29 is 5.11 Å². The van der Waals surface area contributed by atoms with E-state index in [-0.39, 0.29) is 18.6 Å². The van der Waals surface area contributed by atoms with Crippen LogP contribution in [-0.2, 0) is 0 Å². The van der Waals surface area contributed by atoms with E-state index in [0.29, 0.717) is 17.7 Å². The van der Waals surface area contributed by atoms with Crippen LogP contribution >= 0.6 is 0 Å². The number of hydrogen-bond donors (Lipinski definition) is 2. The number of nitrogens with zero attached hydrogens (tertiary/aromatic N) is 5. The maximum atomic E-state index is 9.33. The molecule has 112 valence electrons. The summed E-state index contributed by atoms with van der Waals surface area (Å²) < 4.78 is 0. The van der Waals surface area contributed by atoms with Crippen LogP contribution in [0.1, 0.15) is 31.6 Å². The summed E-state index contributed by atoms with van der Waals surface area (Å²) in [7, 11) is 3.76. The highest BCUT2D eigenvalue weighted by Gasteiger charge is 2.26. The van der Waals surface area contributed by atoms with Crippen LogP contribution in [0.15, 0.2) is 0 Å². The first-order valence-corrected chi connectivity index (χ1v) is 7.05. The van der Waals surface area contributed by atoms with Gasteiger partial charge in [-0.3, -0.25) is 4.90 Å². The number of nitrogen functional groups attached to an aromatic ring is 1. The van der Waals surface area contributed by atoms with E-state index in [1.165, 1.54) is 0 Å². The Balaban J connectivity index is 2.17. The van der Waals surface area contributed by atoms with Gasteiger partial charge >= 0.3 is 0 Å². The number of anilines is 2. The molecule has 0 aliphatic carbocycles. The molecule has 2 unspecified atom stereocenters. The second-order valence-electron chi connectivity index (χ2n) is 5.61. The molecular formula is C13H24N6O. The number of piperidine rings is 1. The zero-order chi connectivity index (χ0) is 14.7. The summed E-state index contributed by atoms with van der Waals surface area (Å²) in [6.07, 6.45) is 2.18. The summed E-state index contributed by atoms with van der Waals surface area (Å²) >= 11 is 0. The van der Waals surface area contributed by atoms with Crippen molar-refractivity contribution in [3.8, 4) is 0 Å². The molecule has 0 aromatic carbocycles. The number of hydrogen-bond acceptors (Lipinski definition) is 7. The lowest BCUT2D eigenvalue weighted by Crippen LogP contribution is -2.39. The lowest BCUT2D eigenvalue weighted by atomic mass is 9.97. The lowest BCUT2D eigenvalue weighted by Gasteiger charge is -2.35. The van der Waals surface area contributed by atoms with Crippen LogP contribution in [0.4, 0.5) is 11.9 Å². The smallest absolute Gasteiger partial charge is 0.229 e. The van der Waals surface area contributed by atoms with Gasteiger partial charge in [0, 0.05) is 27.2 Å². The third kappa shape index (κ3) is 3.34. The van der Waals surface area contributed by atoms with Crippen molar-refractivity contribution in [1.82, 2.24) is 19.9 Å². The number of aliphatic hydroxyl groups is 1. The predicted octanol–water partition coefficient (Wildman–Crippen LogP) is 0.285. The molecule has 0 spiro atoms. The van der Waals surface area contributed by atoms with E-state index < -0.39 is 0 Å². The van der Waals surface area contributed by atoms with Gasteiger partial charge in [-0.15, -0.1) is 0 Å². The van der Waals surface area contributed by atoms with Crippen LogP contribution in [0.25, 0.3) is 0 Å². The Bertz CT molecular complexity index is 452. The lowest BCUT2D eigenvalue weighted by molar-refractivity contribution is 0.0906. The van der Waals surface area contributed by atoms with Gasteiger partial charge in [-0.2, -0.15) is 15.0 Å². The first kappa shape index (κ1) is 14.9. The van der Waals surface area contributed by atoms with Crippen LogP contribution < -0.4 is 10.6 Å². The SMILES string of the molecule is CC(c1nc(N)nc(N(C)C)n1)N1CCCC(CO)C1. The Morgan fingerprint density at radius 3 is 2.80 bits per heavy atom. The van der Waals surface area contributed by atoms with Gasteiger partial charge in [0.2, 0.25) is 11.9 Å². The van der Waals surface area contributed by atoms with Gasteiger partial charge in [-0.05, 0) is 32.2 Å². The largest absolute Gasteiger partial charge is 0.396 e. The quantitative estimate of drug-likeness (QED) is 0.818. The predicted molar refractivity (Wildman–Crippen MR) is 78.4 cm³/mol. The van der Waals surface area contributed by atoms with E-state index in [2.05, 4.69) is 26.8 Å². The van der Waals surface area contributed by atoms with Crippen molar-refractivity contribution in [2.45, 2.75) is 25.8 Å². The average Bonchev–Trinajstić information content (AvgIpc) is 2.45. The molecule has 0 radical (unpaired) electrons. The van der Waals surface area contributed by atoms with Gasteiger partial charge in [-0.25, -0.2) is 0 Å². The summed E-state index contributed by atoms with van der Waals surface area (Å²) in [5.41, 5.74) is 5.77. The first-order valence-electron chi connectivity index (χ1n) is 7.05. The number of likely N-dealkylation sites (tertiary alicyclic amines) is 1. The Hall–Kier alpha value is -1.47. The molecule has 1 aliphatic heterocycles.